The van der Waals surface area contributed by atoms with Crippen molar-refractivity contribution in [1.82, 2.24) is 0 Å². The molecule has 0 radical (unpaired) electrons. The second-order valence-electron chi connectivity index (χ2n) is 8.43. The molecule has 6 rings (SSSR count). The molecule has 0 saturated carbocycles. The van der Waals surface area contributed by atoms with Gasteiger partial charge in [-0.2, -0.15) is 0 Å². The Bertz CT molecular complexity index is 1620. The van der Waals surface area contributed by atoms with Gasteiger partial charge in [-0.05, 0) is 58.6 Å². The summed E-state index contributed by atoms with van der Waals surface area (Å²) in [7, 11) is -2.73. The van der Waals surface area contributed by atoms with Gasteiger partial charge in [0.2, 0.25) is 0 Å². The van der Waals surface area contributed by atoms with E-state index < -0.39 is 16.3 Å². The van der Waals surface area contributed by atoms with Gasteiger partial charge in [0.25, 0.3) is 0 Å². The molecule has 0 aliphatic rings. The molecule has 6 bridgehead atoms. The summed E-state index contributed by atoms with van der Waals surface area (Å²) in [6, 6.07) is 24.5. The Morgan fingerprint density at radius 3 is 1.53 bits per heavy atom. The van der Waals surface area contributed by atoms with Gasteiger partial charge in [-0.25, -0.2) is 9.34 Å². The fraction of sp³-hybridized carbons (Fsp3) is 0.286. The maximum absolute atomic E-state index is 6.63. The van der Waals surface area contributed by atoms with Crippen LogP contribution in [0.15, 0.2) is 89.6 Å². The van der Waals surface area contributed by atoms with E-state index in [1.165, 1.54) is 0 Å². The molecule has 0 aliphatic carbocycles. The van der Waals surface area contributed by atoms with Gasteiger partial charge >= 0.3 is 16.3 Å². The van der Waals surface area contributed by atoms with Crippen LogP contribution < -0.4 is 9.34 Å². The van der Waals surface area contributed by atoms with Crippen molar-refractivity contribution in [1.29, 1.82) is 0 Å². The van der Waals surface area contributed by atoms with Crippen molar-refractivity contribution in [2.75, 3.05) is 35.5 Å². The van der Waals surface area contributed by atoms with Gasteiger partial charge in [-0.3, -0.25) is 0 Å². The SMILES string of the molecule is CCN(CC)p1oc2ccc3cc(ccc3c2)op(N(CC)CC)oc2cccc3ccc(cc32)o1. The summed E-state index contributed by atoms with van der Waals surface area (Å²) in [6.07, 6.45) is 0. The molecule has 0 fully saturated rings. The van der Waals surface area contributed by atoms with Crippen LogP contribution in [-0.2, 0) is 0 Å². The van der Waals surface area contributed by atoms with Gasteiger partial charge in [0.1, 0.15) is 22.3 Å². The van der Waals surface area contributed by atoms with E-state index >= 15 is 0 Å². The average Bonchev–Trinajstić information content (AvgIpc) is 2.90. The van der Waals surface area contributed by atoms with Crippen LogP contribution in [-0.4, -0.2) is 26.2 Å². The van der Waals surface area contributed by atoms with Crippen molar-refractivity contribution >= 4 is 60.2 Å². The summed E-state index contributed by atoms with van der Waals surface area (Å²) in [6.45, 7) is 11.8. The summed E-state index contributed by atoms with van der Waals surface area (Å²) < 4.78 is 30.5. The standard InChI is InChI=1S/C28H32N2O4P2/c1-5-29(6-2)35-31-24-16-13-23-19-25(17-14-22(23)18-24)32-36(30(7-3)8-4)34-28-11-9-10-21-12-15-26(33-35)20-27(21)28/h9-20H,5-8H2,1-4H3. The molecule has 0 amide bonds. The zero-order valence-corrected chi connectivity index (χ0v) is 23.0. The molecule has 4 aromatic carbocycles. The average molecular weight is 523 g/mol. The van der Waals surface area contributed by atoms with Crippen molar-refractivity contribution in [3.8, 4) is 0 Å². The second kappa shape index (κ2) is 11.0. The summed E-state index contributed by atoms with van der Waals surface area (Å²) in [5.41, 5.74) is 3.11. The Labute approximate surface area is 212 Å². The third-order valence-corrected chi connectivity index (χ3v) is 9.75. The van der Waals surface area contributed by atoms with Gasteiger partial charge in [-0.15, -0.1) is 0 Å². The van der Waals surface area contributed by atoms with Crippen LogP contribution in [0.5, 0.6) is 0 Å². The Morgan fingerprint density at radius 2 is 1.00 bits per heavy atom. The molecule has 0 N–H and O–H groups in total. The van der Waals surface area contributed by atoms with Crippen LogP contribution in [0.2, 0.25) is 0 Å². The third kappa shape index (κ3) is 5.14. The van der Waals surface area contributed by atoms with Crippen LogP contribution in [0.1, 0.15) is 27.7 Å². The fourth-order valence-electron chi connectivity index (χ4n) is 4.21. The van der Waals surface area contributed by atoms with E-state index in [2.05, 4.69) is 73.4 Å². The fourth-order valence-corrected chi connectivity index (χ4v) is 6.88. The van der Waals surface area contributed by atoms with Crippen molar-refractivity contribution in [3.05, 3.63) is 72.8 Å². The monoisotopic (exact) mass is 522 g/mol. The minimum absolute atomic E-state index is 0.751. The third-order valence-electron chi connectivity index (χ3n) is 6.25. The Morgan fingerprint density at radius 1 is 0.528 bits per heavy atom. The van der Waals surface area contributed by atoms with Crippen LogP contribution in [0.25, 0.3) is 43.9 Å². The first-order valence-corrected chi connectivity index (χ1v) is 14.8. The van der Waals surface area contributed by atoms with Crippen molar-refractivity contribution in [2.24, 2.45) is 0 Å². The van der Waals surface area contributed by atoms with Gasteiger partial charge in [-0.1, -0.05) is 58.0 Å². The Kier molecular flexibility index (Phi) is 7.59. The van der Waals surface area contributed by atoms with Gasteiger partial charge in [0, 0.05) is 31.6 Å². The van der Waals surface area contributed by atoms with Crippen LogP contribution in [0.3, 0.4) is 0 Å². The van der Waals surface area contributed by atoms with Crippen molar-refractivity contribution < 1.29 is 16.8 Å². The molecular formula is C28H32N2O4P2. The molecule has 8 heteroatoms. The molecular weight excluding hydrogens is 490 g/mol. The van der Waals surface area contributed by atoms with Crippen molar-refractivity contribution in [3.63, 3.8) is 0 Å². The number of nitrogens with zero attached hydrogens (tertiary/aromatic N) is 2. The van der Waals surface area contributed by atoms with Gasteiger partial charge < -0.3 is 16.8 Å². The highest BCUT2D eigenvalue weighted by Gasteiger charge is 2.11. The largest absolute Gasteiger partial charge is 0.408 e. The lowest BCUT2D eigenvalue weighted by Gasteiger charge is -2.14. The minimum atomic E-state index is -1.37. The molecule has 2 aromatic heterocycles. The highest BCUT2D eigenvalue weighted by molar-refractivity contribution is 7.39. The summed E-state index contributed by atoms with van der Waals surface area (Å²) in [4.78, 5) is 0. The number of rotatable bonds is 6. The first-order chi connectivity index (χ1) is 17.6. The molecule has 0 saturated heterocycles. The number of fused-ring (bicyclic) bond motifs is 6. The molecule has 36 heavy (non-hydrogen) atoms. The molecule has 6 nitrogen and oxygen atoms in total. The van der Waals surface area contributed by atoms with Gasteiger partial charge in [0.15, 0.2) is 0 Å². The van der Waals surface area contributed by atoms with Crippen LogP contribution >= 0.6 is 16.3 Å². The van der Waals surface area contributed by atoms with E-state index in [-0.39, 0.29) is 0 Å². The first kappa shape index (κ1) is 24.8. The zero-order valence-electron chi connectivity index (χ0n) is 21.2. The molecule has 6 aromatic rings. The molecule has 2 heterocycles. The van der Waals surface area contributed by atoms with Crippen LogP contribution in [0.4, 0.5) is 0 Å². The summed E-state index contributed by atoms with van der Waals surface area (Å²) in [5, 5.41) is 4.24. The van der Waals surface area contributed by atoms with E-state index in [9.17, 15) is 0 Å². The maximum atomic E-state index is 6.63. The van der Waals surface area contributed by atoms with E-state index in [1.54, 1.807) is 0 Å². The van der Waals surface area contributed by atoms with E-state index in [0.29, 0.717) is 0 Å². The first-order valence-electron chi connectivity index (χ1n) is 12.5. The molecule has 2 atom stereocenters. The smallest absolute Gasteiger partial charge is 0.309 e. The quantitative estimate of drug-likeness (QED) is 0.221. The summed E-state index contributed by atoms with van der Waals surface area (Å²) in [5.74, 6) is 0. The lowest BCUT2D eigenvalue weighted by atomic mass is 10.1. The number of hydrogen-bond donors (Lipinski definition) is 0. The number of hydrogen-bond acceptors (Lipinski definition) is 6. The topological polar surface area (TPSA) is 59.0 Å². The van der Waals surface area contributed by atoms with Crippen molar-refractivity contribution in [2.45, 2.75) is 27.7 Å². The summed E-state index contributed by atoms with van der Waals surface area (Å²) >= 11 is 0. The van der Waals surface area contributed by atoms with E-state index in [0.717, 1.165) is 70.1 Å². The predicted molar refractivity (Wildman–Crippen MR) is 154 cm³/mol. The number of benzene rings is 4. The second-order valence-corrected chi connectivity index (χ2v) is 11.2. The van der Waals surface area contributed by atoms with E-state index in [4.69, 9.17) is 16.8 Å². The zero-order chi connectivity index (χ0) is 25.1. The van der Waals surface area contributed by atoms with Gasteiger partial charge in [0.05, 0.1) is 0 Å². The Balaban J connectivity index is 1.96. The Hall–Kier alpha value is -2.88. The van der Waals surface area contributed by atoms with Crippen LogP contribution in [0, 0.1) is 0 Å². The molecule has 2 unspecified atom stereocenters. The maximum Gasteiger partial charge on any atom is 0.309 e. The molecule has 0 aliphatic heterocycles. The minimum Gasteiger partial charge on any atom is -0.408 e. The highest BCUT2D eigenvalue weighted by Crippen LogP contribution is 2.35. The molecule has 0 spiro atoms. The van der Waals surface area contributed by atoms with E-state index in [1.807, 2.05) is 36.4 Å². The highest BCUT2D eigenvalue weighted by atomic mass is 31.1. The molecule has 188 valence electrons. The predicted octanol–water partition coefficient (Wildman–Crippen LogP) is 9.41. The lowest BCUT2D eigenvalue weighted by molar-refractivity contribution is 0.616. The lowest BCUT2D eigenvalue weighted by Crippen LogP contribution is -2.17. The normalized spacial score (nSPS) is 12.7.